The van der Waals surface area contributed by atoms with Crippen LogP contribution in [0.15, 0.2) is 0 Å². The molecule has 0 radical (unpaired) electrons. The molecular weight excluding hydrogens is 247 g/mol. The van der Waals surface area contributed by atoms with E-state index in [2.05, 4.69) is 20.7 Å². The van der Waals surface area contributed by atoms with Crippen LogP contribution in [0.25, 0.3) is 0 Å². The maximum absolute atomic E-state index is 10.2. The Morgan fingerprint density at radius 1 is 1.58 bits per heavy atom. The summed E-state index contributed by atoms with van der Waals surface area (Å²) in [6, 6.07) is 0. The highest BCUT2D eigenvalue weighted by molar-refractivity contribution is 9.09. The van der Waals surface area contributed by atoms with Gasteiger partial charge in [-0.2, -0.15) is 0 Å². The van der Waals surface area contributed by atoms with E-state index in [-0.39, 0.29) is 17.4 Å². The van der Waals surface area contributed by atoms with Crippen LogP contribution in [0.5, 0.6) is 0 Å². The SMILES string of the molecule is C[N+](C)(C)C(Br)COC(N)=O.[Cl-]. The quantitative estimate of drug-likeness (QED) is 0.347. The number of likely N-dealkylation sites (N-methyl/N-ethyl adjacent to an activating group) is 1. The van der Waals surface area contributed by atoms with Crippen molar-refractivity contribution in [3.8, 4) is 0 Å². The standard InChI is InChI=1S/C6H13BrN2O2.ClH/c1-9(2,3)5(7)4-11-6(8)10;/h5H,4H2,1-3H3,(H-,8,10);1H. The largest absolute Gasteiger partial charge is 1.00 e. The number of amides is 1. The Kier molecular flexibility index (Phi) is 6.79. The molecule has 1 amide bonds. The number of nitrogens with two attached hydrogens (primary N) is 1. The molecule has 0 saturated carbocycles. The Hall–Kier alpha value is -0.0000000000000000555. The van der Waals surface area contributed by atoms with Crippen LogP contribution < -0.4 is 18.1 Å². The topological polar surface area (TPSA) is 52.3 Å². The monoisotopic (exact) mass is 260 g/mol. The zero-order chi connectivity index (χ0) is 9.07. The van der Waals surface area contributed by atoms with E-state index < -0.39 is 6.09 Å². The van der Waals surface area contributed by atoms with Crippen molar-refractivity contribution in [2.45, 2.75) is 4.95 Å². The fourth-order valence-electron chi connectivity index (χ4n) is 0.375. The minimum absolute atomic E-state index is 0. The number of nitrogens with zero attached hydrogens (tertiary/aromatic N) is 1. The van der Waals surface area contributed by atoms with Gasteiger partial charge in [-0.25, -0.2) is 4.79 Å². The Labute approximate surface area is 87.2 Å². The van der Waals surface area contributed by atoms with Crippen molar-refractivity contribution in [3.63, 3.8) is 0 Å². The van der Waals surface area contributed by atoms with Crippen molar-refractivity contribution in [2.75, 3.05) is 27.7 Å². The fourth-order valence-corrected chi connectivity index (χ4v) is 0.507. The van der Waals surface area contributed by atoms with Gasteiger partial charge in [0.2, 0.25) is 0 Å². The van der Waals surface area contributed by atoms with Gasteiger partial charge in [0.15, 0.2) is 11.6 Å². The van der Waals surface area contributed by atoms with Crippen LogP contribution in [0.1, 0.15) is 0 Å². The van der Waals surface area contributed by atoms with Gasteiger partial charge in [-0.1, -0.05) is 0 Å². The predicted molar refractivity (Wildman–Crippen MR) is 46.3 cm³/mol. The van der Waals surface area contributed by atoms with Gasteiger partial charge in [-0.3, -0.25) is 0 Å². The van der Waals surface area contributed by atoms with Gasteiger partial charge >= 0.3 is 6.09 Å². The lowest BCUT2D eigenvalue weighted by atomic mass is 10.5. The third-order valence-corrected chi connectivity index (χ3v) is 2.70. The summed E-state index contributed by atoms with van der Waals surface area (Å²) in [6.07, 6.45) is -0.733. The average Bonchev–Trinajstić information content (AvgIpc) is 1.80. The van der Waals surface area contributed by atoms with Crippen molar-refractivity contribution >= 4 is 22.0 Å². The van der Waals surface area contributed by atoms with Gasteiger partial charge in [-0.05, 0) is 15.9 Å². The highest BCUT2D eigenvalue weighted by atomic mass is 79.9. The summed E-state index contributed by atoms with van der Waals surface area (Å²) in [7, 11) is 5.97. The van der Waals surface area contributed by atoms with Crippen LogP contribution in [0.2, 0.25) is 0 Å². The summed E-state index contributed by atoms with van der Waals surface area (Å²) < 4.78 is 5.28. The molecule has 0 rings (SSSR count). The fraction of sp³-hybridized carbons (Fsp3) is 0.833. The number of primary amides is 1. The van der Waals surface area contributed by atoms with Crippen molar-refractivity contribution in [1.29, 1.82) is 0 Å². The minimum Gasteiger partial charge on any atom is -1.00 e. The number of ether oxygens (including phenoxy) is 1. The molecular formula is C6H14BrClN2O2. The number of rotatable bonds is 3. The molecule has 0 aromatic rings. The summed E-state index contributed by atoms with van der Waals surface area (Å²) >= 11 is 3.37. The molecule has 0 aliphatic heterocycles. The second-order valence-electron chi connectivity index (χ2n) is 3.18. The second kappa shape index (κ2) is 5.61. The number of carbonyl (C=O) groups excluding carboxylic acids is 1. The molecule has 0 aliphatic rings. The number of carbonyl (C=O) groups is 1. The molecule has 0 aromatic heterocycles. The number of halogens is 2. The van der Waals surface area contributed by atoms with E-state index in [1.807, 2.05) is 21.1 Å². The van der Waals surface area contributed by atoms with E-state index in [1.165, 1.54) is 0 Å². The molecule has 0 saturated heterocycles. The number of hydrogen-bond acceptors (Lipinski definition) is 2. The number of quaternary nitrogens is 1. The molecule has 1 unspecified atom stereocenters. The van der Waals surface area contributed by atoms with Crippen LogP contribution in [0, 0.1) is 0 Å². The molecule has 0 aromatic carbocycles. The van der Waals surface area contributed by atoms with E-state index in [0.717, 1.165) is 0 Å². The third kappa shape index (κ3) is 6.69. The molecule has 0 aliphatic carbocycles. The molecule has 4 nitrogen and oxygen atoms in total. The average molecular weight is 262 g/mol. The molecule has 12 heavy (non-hydrogen) atoms. The van der Waals surface area contributed by atoms with Crippen LogP contribution in [-0.4, -0.2) is 43.3 Å². The van der Waals surface area contributed by atoms with Gasteiger partial charge in [0, 0.05) is 0 Å². The lowest BCUT2D eigenvalue weighted by Crippen LogP contribution is -3.00. The highest BCUT2D eigenvalue weighted by Gasteiger charge is 2.21. The van der Waals surface area contributed by atoms with Gasteiger partial charge in [-0.15, -0.1) is 0 Å². The molecule has 0 spiro atoms. The van der Waals surface area contributed by atoms with Gasteiger partial charge < -0.3 is 27.4 Å². The Balaban J connectivity index is 0. The van der Waals surface area contributed by atoms with E-state index in [4.69, 9.17) is 5.73 Å². The van der Waals surface area contributed by atoms with Crippen molar-refractivity contribution in [2.24, 2.45) is 5.73 Å². The van der Waals surface area contributed by atoms with Crippen molar-refractivity contribution < 1.29 is 26.4 Å². The van der Waals surface area contributed by atoms with Gasteiger partial charge in [0.05, 0.1) is 21.1 Å². The summed E-state index contributed by atoms with van der Waals surface area (Å²) in [5.74, 6) is 0. The Morgan fingerprint density at radius 2 is 2.00 bits per heavy atom. The molecule has 0 fully saturated rings. The zero-order valence-corrected chi connectivity index (χ0v) is 9.72. The van der Waals surface area contributed by atoms with Gasteiger partial charge in [0.25, 0.3) is 0 Å². The first-order chi connectivity index (χ1) is 4.84. The van der Waals surface area contributed by atoms with E-state index in [1.54, 1.807) is 0 Å². The summed E-state index contributed by atoms with van der Waals surface area (Å²) in [5.41, 5.74) is 4.80. The first-order valence-electron chi connectivity index (χ1n) is 3.21. The Morgan fingerprint density at radius 3 is 2.25 bits per heavy atom. The molecule has 2 N–H and O–H groups in total. The molecule has 0 heterocycles. The molecule has 6 heteroatoms. The molecule has 1 atom stereocenters. The number of hydrogen-bond donors (Lipinski definition) is 1. The maximum atomic E-state index is 10.2. The van der Waals surface area contributed by atoms with Crippen LogP contribution >= 0.6 is 15.9 Å². The maximum Gasteiger partial charge on any atom is 0.404 e. The first kappa shape index (κ1) is 14.5. The lowest BCUT2D eigenvalue weighted by molar-refractivity contribution is -0.879. The van der Waals surface area contributed by atoms with Crippen LogP contribution in [0.4, 0.5) is 4.79 Å². The summed E-state index contributed by atoms with van der Waals surface area (Å²) in [6.45, 7) is 0.291. The highest BCUT2D eigenvalue weighted by Crippen LogP contribution is 2.10. The zero-order valence-electron chi connectivity index (χ0n) is 7.38. The first-order valence-corrected chi connectivity index (χ1v) is 4.13. The number of alkyl halides is 1. The third-order valence-electron chi connectivity index (χ3n) is 1.20. The van der Waals surface area contributed by atoms with Crippen molar-refractivity contribution in [3.05, 3.63) is 0 Å². The lowest BCUT2D eigenvalue weighted by Gasteiger charge is -2.29. The predicted octanol–water partition coefficient (Wildman–Crippen LogP) is -2.49. The smallest absolute Gasteiger partial charge is 0.404 e. The molecule has 0 bridgehead atoms. The van der Waals surface area contributed by atoms with E-state index >= 15 is 0 Å². The summed E-state index contributed by atoms with van der Waals surface area (Å²) in [5, 5.41) is 0. The van der Waals surface area contributed by atoms with Crippen LogP contribution in [-0.2, 0) is 4.74 Å². The summed E-state index contributed by atoms with van der Waals surface area (Å²) in [4.78, 5) is 10.3. The van der Waals surface area contributed by atoms with Crippen molar-refractivity contribution in [1.82, 2.24) is 0 Å². The minimum atomic E-state index is -0.733. The Bertz CT molecular complexity index is 149. The van der Waals surface area contributed by atoms with Gasteiger partial charge in [0.1, 0.15) is 0 Å². The normalized spacial score (nSPS) is 13.0. The second-order valence-corrected chi connectivity index (χ2v) is 4.24. The molecule has 74 valence electrons. The van der Waals surface area contributed by atoms with E-state index in [9.17, 15) is 4.79 Å². The van der Waals surface area contributed by atoms with Crippen LogP contribution in [0.3, 0.4) is 0 Å². The van der Waals surface area contributed by atoms with E-state index in [0.29, 0.717) is 11.1 Å².